The van der Waals surface area contributed by atoms with Crippen LogP contribution in [0.2, 0.25) is 10.0 Å². The lowest BCUT2D eigenvalue weighted by molar-refractivity contribution is -0.138. The number of rotatable bonds is 6. The first-order chi connectivity index (χ1) is 15.0. The second-order valence-electron chi connectivity index (χ2n) is 8.34. The SMILES string of the molecule is CCOC(=O)C1=C(C)N(CC(C)C)C(=O)/C1=C/c1cc(C)n(-c2cc(Cl)cc(Cl)c2)c1C. The third kappa shape index (κ3) is 4.64. The van der Waals surface area contributed by atoms with E-state index in [0.717, 1.165) is 22.6 Å². The zero-order valence-electron chi connectivity index (χ0n) is 19.3. The maximum absolute atomic E-state index is 13.3. The van der Waals surface area contributed by atoms with Crippen LogP contribution in [0.25, 0.3) is 11.8 Å². The third-order valence-electron chi connectivity index (χ3n) is 5.41. The van der Waals surface area contributed by atoms with Crippen LogP contribution in [0.4, 0.5) is 0 Å². The molecular formula is C25H28Cl2N2O3. The lowest BCUT2D eigenvalue weighted by Crippen LogP contribution is -2.28. The third-order valence-corrected chi connectivity index (χ3v) is 5.85. The highest BCUT2D eigenvalue weighted by Gasteiger charge is 2.37. The Morgan fingerprint density at radius 1 is 1.09 bits per heavy atom. The van der Waals surface area contributed by atoms with E-state index < -0.39 is 5.97 Å². The first-order valence-electron chi connectivity index (χ1n) is 10.6. The van der Waals surface area contributed by atoms with E-state index in [2.05, 4.69) is 0 Å². The molecule has 2 heterocycles. The second kappa shape index (κ2) is 9.55. The second-order valence-corrected chi connectivity index (χ2v) is 9.21. The number of carbonyl (C=O) groups excluding carboxylic acids is 2. The van der Waals surface area contributed by atoms with Crippen LogP contribution in [0.3, 0.4) is 0 Å². The Hall–Kier alpha value is -2.50. The number of allylic oxidation sites excluding steroid dienone is 1. The molecule has 2 aromatic rings. The molecule has 1 aliphatic rings. The summed E-state index contributed by atoms with van der Waals surface area (Å²) in [7, 11) is 0. The maximum Gasteiger partial charge on any atom is 0.340 e. The van der Waals surface area contributed by atoms with Gasteiger partial charge >= 0.3 is 5.97 Å². The van der Waals surface area contributed by atoms with Gasteiger partial charge in [-0.05, 0) is 69.5 Å². The number of hydrogen-bond acceptors (Lipinski definition) is 3. The van der Waals surface area contributed by atoms with E-state index in [4.69, 9.17) is 27.9 Å². The highest BCUT2D eigenvalue weighted by atomic mass is 35.5. The Bertz CT molecular complexity index is 1120. The van der Waals surface area contributed by atoms with Crippen molar-refractivity contribution in [1.82, 2.24) is 9.47 Å². The fourth-order valence-corrected chi connectivity index (χ4v) is 4.58. The lowest BCUT2D eigenvalue weighted by Gasteiger charge is -2.19. The zero-order valence-corrected chi connectivity index (χ0v) is 20.8. The van der Waals surface area contributed by atoms with Crippen LogP contribution in [0.1, 0.15) is 44.6 Å². The Morgan fingerprint density at radius 2 is 1.72 bits per heavy atom. The molecule has 7 heteroatoms. The lowest BCUT2D eigenvalue weighted by atomic mass is 10.0. The van der Waals surface area contributed by atoms with E-state index in [9.17, 15) is 9.59 Å². The van der Waals surface area contributed by atoms with Gasteiger partial charge in [0.1, 0.15) is 0 Å². The molecule has 0 spiro atoms. The molecule has 0 fully saturated rings. The number of hydrogen-bond donors (Lipinski definition) is 0. The number of halogens is 2. The summed E-state index contributed by atoms with van der Waals surface area (Å²) in [4.78, 5) is 27.7. The quantitative estimate of drug-likeness (QED) is 0.374. The van der Waals surface area contributed by atoms with E-state index in [-0.39, 0.29) is 18.4 Å². The average Bonchev–Trinajstić information content (AvgIpc) is 3.08. The summed E-state index contributed by atoms with van der Waals surface area (Å²) >= 11 is 12.4. The van der Waals surface area contributed by atoms with Crippen molar-refractivity contribution < 1.29 is 14.3 Å². The molecule has 170 valence electrons. The minimum Gasteiger partial charge on any atom is -0.462 e. The number of esters is 1. The normalized spacial score (nSPS) is 15.5. The number of aromatic nitrogens is 1. The van der Waals surface area contributed by atoms with Crippen molar-refractivity contribution in [2.75, 3.05) is 13.2 Å². The summed E-state index contributed by atoms with van der Waals surface area (Å²) in [6.07, 6.45) is 1.78. The zero-order chi connectivity index (χ0) is 23.7. The van der Waals surface area contributed by atoms with Gasteiger partial charge in [-0.25, -0.2) is 4.79 Å². The van der Waals surface area contributed by atoms with E-state index in [1.165, 1.54) is 0 Å². The van der Waals surface area contributed by atoms with Gasteiger partial charge in [0.25, 0.3) is 5.91 Å². The molecule has 0 aliphatic carbocycles. The fraction of sp³-hybridized carbons (Fsp3) is 0.360. The van der Waals surface area contributed by atoms with Gasteiger partial charge in [0.05, 0.1) is 17.8 Å². The Morgan fingerprint density at radius 3 is 2.28 bits per heavy atom. The molecule has 1 aliphatic heterocycles. The average molecular weight is 475 g/mol. The van der Waals surface area contributed by atoms with Crippen LogP contribution in [0.5, 0.6) is 0 Å². The number of amides is 1. The summed E-state index contributed by atoms with van der Waals surface area (Å²) in [5.41, 5.74) is 4.84. The van der Waals surface area contributed by atoms with Crippen molar-refractivity contribution in [1.29, 1.82) is 0 Å². The van der Waals surface area contributed by atoms with Gasteiger partial charge in [-0.3, -0.25) is 4.79 Å². The number of carbonyl (C=O) groups is 2. The molecule has 0 bridgehead atoms. The highest BCUT2D eigenvalue weighted by molar-refractivity contribution is 6.34. The van der Waals surface area contributed by atoms with Crippen molar-refractivity contribution in [2.45, 2.75) is 41.5 Å². The Kier molecular flexibility index (Phi) is 7.21. The van der Waals surface area contributed by atoms with Crippen molar-refractivity contribution in [3.05, 3.63) is 68.1 Å². The molecule has 0 N–H and O–H groups in total. The van der Waals surface area contributed by atoms with Crippen LogP contribution in [-0.4, -0.2) is 34.5 Å². The minimum absolute atomic E-state index is 0.185. The van der Waals surface area contributed by atoms with Crippen molar-refractivity contribution in [2.24, 2.45) is 5.92 Å². The molecule has 0 saturated heterocycles. The summed E-state index contributed by atoms with van der Waals surface area (Å²) in [5, 5.41) is 1.08. The van der Waals surface area contributed by atoms with E-state index >= 15 is 0 Å². The molecule has 1 aromatic heterocycles. The van der Waals surface area contributed by atoms with Crippen molar-refractivity contribution in [3.63, 3.8) is 0 Å². The van der Waals surface area contributed by atoms with Gasteiger partial charge in [0.15, 0.2) is 0 Å². The van der Waals surface area contributed by atoms with Crippen molar-refractivity contribution >= 4 is 41.2 Å². The van der Waals surface area contributed by atoms with E-state index in [1.54, 1.807) is 30.9 Å². The van der Waals surface area contributed by atoms with Crippen LogP contribution < -0.4 is 0 Å². The summed E-state index contributed by atoms with van der Waals surface area (Å²) < 4.78 is 7.29. The van der Waals surface area contributed by atoms with Crippen LogP contribution in [0, 0.1) is 19.8 Å². The molecule has 5 nitrogen and oxygen atoms in total. The van der Waals surface area contributed by atoms with E-state index in [1.807, 2.05) is 50.5 Å². The standard InChI is InChI=1S/C25H28Cl2N2O3/c1-7-32-25(31)23-17(6)28(13-14(2)3)24(30)22(23)9-18-8-15(4)29(16(18)5)21-11-19(26)10-20(27)12-21/h8-12,14H,7,13H2,1-6H3/b22-9+. The maximum atomic E-state index is 13.3. The fourth-order valence-electron chi connectivity index (χ4n) is 4.07. The van der Waals surface area contributed by atoms with Gasteiger partial charge < -0.3 is 14.2 Å². The molecular weight excluding hydrogens is 447 g/mol. The summed E-state index contributed by atoms with van der Waals surface area (Å²) in [6, 6.07) is 7.34. The Balaban J connectivity index is 2.13. The largest absolute Gasteiger partial charge is 0.462 e. The van der Waals surface area contributed by atoms with Gasteiger partial charge in [0.2, 0.25) is 0 Å². The monoisotopic (exact) mass is 474 g/mol. The predicted octanol–water partition coefficient (Wildman–Crippen LogP) is 6.12. The molecule has 1 amide bonds. The van der Waals surface area contributed by atoms with Crippen LogP contribution >= 0.6 is 23.2 Å². The highest BCUT2D eigenvalue weighted by Crippen LogP contribution is 2.34. The summed E-state index contributed by atoms with van der Waals surface area (Å²) in [5.74, 6) is -0.407. The molecule has 0 saturated carbocycles. The first kappa shape index (κ1) is 24.1. The smallest absolute Gasteiger partial charge is 0.340 e. The molecule has 0 radical (unpaired) electrons. The van der Waals surface area contributed by atoms with Gasteiger partial charge in [-0.2, -0.15) is 0 Å². The van der Waals surface area contributed by atoms with Crippen LogP contribution in [0.15, 0.2) is 41.1 Å². The summed E-state index contributed by atoms with van der Waals surface area (Å²) in [6.45, 7) is 12.3. The molecule has 1 aromatic carbocycles. The molecule has 0 atom stereocenters. The van der Waals surface area contributed by atoms with E-state index in [0.29, 0.717) is 33.4 Å². The minimum atomic E-state index is -0.480. The molecule has 32 heavy (non-hydrogen) atoms. The molecule has 0 unspecified atom stereocenters. The predicted molar refractivity (Wildman–Crippen MR) is 129 cm³/mol. The van der Waals surface area contributed by atoms with Crippen molar-refractivity contribution in [3.8, 4) is 5.69 Å². The van der Waals surface area contributed by atoms with Crippen LogP contribution in [-0.2, 0) is 14.3 Å². The Labute approximate surface area is 199 Å². The topological polar surface area (TPSA) is 51.5 Å². The number of aryl methyl sites for hydroxylation is 1. The molecule has 3 rings (SSSR count). The number of benzene rings is 1. The number of ether oxygens (including phenoxy) is 1. The van der Waals surface area contributed by atoms with Gasteiger partial charge in [0, 0.05) is 39.4 Å². The van der Waals surface area contributed by atoms with Gasteiger partial charge in [-0.1, -0.05) is 37.0 Å². The van der Waals surface area contributed by atoms with Gasteiger partial charge in [-0.15, -0.1) is 0 Å². The first-order valence-corrected chi connectivity index (χ1v) is 11.4. The number of nitrogens with zero attached hydrogens (tertiary/aromatic N) is 2.